The van der Waals surface area contributed by atoms with Crippen molar-refractivity contribution < 1.29 is 0 Å². The highest BCUT2D eigenvalue weighted by Gasteiger charge is 2.06. The summed E-state index contributed by atoms with van der Waals surface area (Å²) in [5.41, 5.74) is 6.54. The molecule has 1 N–H and O–H groups in total. The third-order valence-corrected chi connectivity index (χ3v) is 4.64. The van der Waals surface area contributed by atoms with Crippen LogP contribution in [0.4, 0.5) is 17.1 Å². The van der Waals surface area contributed by atoms with Gasteiger partial charge in [-0.2, -0.15) is 5.10 Å². The molecule has 0 aliphatic carbocycles. The van der Waals surface area contributed by atoms with Gasteiger partial charge in [0.25, 0.3) is 0 Å². The van der Waals surface area contributed by atoms with Gasteiger partial charge in [-0.3, -0.25) is 5.43 Å². The van der Waals surface area contributed by atoms with Gasteiger partial charge in [0, 0.05) is 23.4 Å². The number of hydrogen-bond donors (Lipinski definition) is 1. The Bertz CT molecular complexity index is 886. The minimum Gasteiger partial charge on any atom is -0.345 e. The predicted molar refractivity (Wildman–Crippen MR) is 114 cm³/mol. The summed E-state index contributed by atoms with van der Waals surface area (Å²) in [4.78, 5) is 2.12. The van der Waals surface area contributed by atoms with Gasteiger partial charge in [-0.1, -0.05) is 65.1 Å². The molecule has 0 unspecified atom stereocenters. The maximum Gasteiger partial charge on any atom is 0.0935 e. The number of nitrogens with one attached hydrogen (secondary N) is 1. The molecule has 0 aliphatic heterocycles. The fourth-order valence-corrected chi connectivity index (χ4v) is 3.31. The number of halogens is 3. The van der Waals surface area contributed by atoms with Crippen molar-refractivity contribution in [2.75, 3.05) is 17.4 Å². The van der Waals surface area contributed by atoms with Crippen molar-refractivity contribution in [2.24, 2.45) is 5.10 Å². The molecule has 0 spiro atoms. The highest BCUT2D eigenvalue weighted by atomic mass is 35.5. The summed E-state index contributed by atoms with van der Waals surface area (Å²) in [6.45, 7) is 0. The first-order chi connectivity index (χ1) is 12.5. The van der Waals surface area contributed by atoms with Crippen LogP contribution in [-0.2, 0) is 0 Å². The van der Waals surface area contributed by atoms with Crippen LogP contribution < -0.4 is 10.3 Å². The third-order valence-electron chi connectivity index (χ3n) is 3.82. The summed E-state index contributed by atoms with van der Waals surface area (Å²) in [7, 11) is 2.03. The number of hydrazone groups is 1. The Hall–Kier alpha value is -2.20. The van der Waals surface area contributed by atoms with Gasteiger partial charge < -0.3 is 4.90 Å². The van der Waals surface area contributed by atoms with E-state index in [0.29, 0.717) is 20.8 Å². The molecule has 3 nitrogen and oxygen atoms in total. The molecule has 0 bridgehead atoms. The Morgan fingerprint density at radius 3 is 2.04 bits per heavy atom. The monoisotopic (exact) mass is 403 g/mol. The van der Waals surface area contributed by atoms with Gasteiger partial charge in [0.1, 0.15) is 0 Å². The predicted octanol–water partition coefficient (Wildman–Crippen LogP) is 6.86. The molecule has 132 valence electrons. The van der Waals surface area contributed by atoms with E-state index in [-0.39, 0.29) is 0 Å². The highest BCUT2D eigenvalue weighted by Crippen LogP contribution is 2.33. The lowest BCUT2D eigenvalue weighted by Crippen LogP contribution is -2.08. The van der Waals surface area contributed by atoms with Gasteiger partial charge in [0.15, 0.2) is 0 Å². The summed E-state index contributed by atoms with van der Waals surface area (Å²) >= 11 is 18.1. The number of rotatable bonds is 5. The standard InChI is InChI=1S/C20H16Cl3N3/c1-26(16-5-3-2-4-6-16)17-9-7-14(8-10-17)13-24-25-20-18(22)11-15(21)12-19(20)23/h2-13,25H,1H3/b24-13+. The molecule has 0 heterocycles. The lowest BCUT2D eigenvalue weighted by molar-refractivity contribution is 1.21. The molecule has 0 saturated carbocycles. The minimum atomic E-state index is 0.416. The summed E-state index contributed by atoms with van der Waals surface area (Å²) in [5, 5.41) is 5.51. The average Bonchev–Trinajstić information content (AvgIpc) is 2.64. The van der Waals surface area contributed by atoms with Gasteiger partial charge >= 0.3 is 0 Å². The molecule has 0 amide bonds. The Morgan fingerprint density at radius 2 is 1.42 bits per heavy atom. The molecule has 3 aromatic rings. The van der Waals surface area contributed by atoms with Gasteiger partial charge in [-0.15, -0.1) is 0 Å². The molecule has 0 aromatic heterocycles. The van der Waals surface area contributed by atoms with Crippen LogP contribution in [0.25, 0.3) is 0 Å². The van der Waals surface area contributed by atoms with Crippen LogP contribution in [0, 0.1) is 0 Å². The van der Waals surface area contributed by atoms with E-state index in [2.05, 4.69) is 27.6 Å². The maximum atomic E-state index is 6.12. The zero-order chi connectivity index (χ0) is 18.5. The first-order valence-corrected chi connectivity index (χ1v) is 9.00. The van der Waals surface area contributed by atoms with Crippen molar-refractivity contribution in [3.8, 4) is 0 Å². The fraction of sp³-hybridized carbons (Fsp3) is 0.0500. The molecular weight excluding hydrogens is 389 g/mol. The van der Waals surface area contributed by atoms with Gasteiger partial charge in [-0.05, 0) is 42.0 Å². The largest absolute Gasteiger partial charge is 0.345 e. The number of anilines is 3. The summed E-state index contributed by atoms with van der Waals surface area (Å²) in [5.74, 6) is 0. The van der Waals surface area contributed by atoms with Crippen molar-refractivity contribution in [2.45, 2.75) is 0 Å². The molecule has 6 heteroatoms. The third kappa shape index (κ3) is 4.50. The van der Waals surface area contributed by atoms with E-state index in [0.717, 1.165) is 16.9 Å². The van der Waals surface area contributed by atoms with Crippen LogP contribution in [-0.4, -0.2) is 13.3 Å². The normalized spacial score (nSPS) is 10.9. The van der Waals surface area contributed by atoms with Crippen LogP contribution in [0.1, 0.15) is 5.56 Å². The molecule has 0 aliphatic rings. The fourth-order valence-electron chi connectivity index (χ4n) is 2.41. The molecule has 0 fully saturated rings. The lowest BCUT2D eigenvalue weighted by atomic mass is 10.2. The van der Waals surface area contributed by atoms with Crippen molar-refractivity contribution in [3.05, 3.63) is 87.4 Å². The second-order valence-corrected chi connectivity index (χ2v) is 6.85. The zero-order valence-corrected chi connectivity index (χ0v) is 16.2. The first kappa shape index (κ1) is 18.6. The van der Waals surface area contributed by atoms with Crippen molar-refractivity contribution >= 4 is 58.1 Å². The highest BCUT2D eigenvalue weighted by molar-refractivity contribution is 6.41. The topological polar surface area (TPSA) is 27.6 Å². The van der Waals surface area contributed by atoms with E-state index in [9.17, 15) is 0 Å². The van der Waals surface area contributed by atoms with Crippen molar-refractivity contribution in [1.29, 1.82) is 0 Å². The number of benzene rings is 3. The maximum absolute atomic E-state index is 6.12. The van der Waals surface area contributed by atoms with Crippen LogP contribution in [0.5, 0.6) is 0 Å². The van der Waals surface area contributed by atoms with E-state index in [4.69, 9.17) is 34.8 Å². The average molecular weight is 405 g/mol. The smallest absolute Gasteiger partial charge is 0.0935 e. The molecule has 3 aromatic carbocycles. The van der Waals surface area contributed by atoms with Crippen molar-refractivity contribution in [1.82, 2.24) is 0 Å². The van der Waals surface area contributed by atoms with E-state index < -0.39 is 0 Å². The SMILES string of the molecule is CN(c1ccccc1)c1ccc(/C=N/Nc2c(Cl)cc(Cl)cc2Cl)cc1. The minimum absolute atomic E-state index is 0.416. The van der Waals surface area contributed by atoms with Gasteiger partial charge in [0.05, 0.1) is 21.9 Å². The summed E-state index contributed by atoms with van der Waals surface area (Å²) < 4.78 is 0. The van der Waals surface area contributed by atoms with E-state index in [1.165, 1.54) is 0 Å². The van der Waals surface area contributed by atoms with Crippen LogP contribution in [0.3, 0.4) is 0 Å². The quantitative estimate of drug-likeness (QED) is 0.371. The van der Waals surface area contributed by atoms with Gasteiger partial charge in [-0.25, -0.2) is 0 Å². The summed E-state index contributed by atoms with van der Waals surface area (Å²) in [6.07, 6.45) is 1.70. The van der Waals surface area contributed by atoms with E-state index >= 15 is 0 Å². The molecule has 0 radical (unpaired) electrons. The van der Waals surface area contributed by atoms with Gasteiger partial charge in [0.2, 0.25) is 0 Å². The zero-order valence-electron chi connectivity index (χ0n) is 14.0. The Kier molecular flexibility index (Phi) is 6.04. The second kappa shape index (κ2) is 8.45. The first-order valence-electron chi connectivity index (χ1n) is 7.87. The second-order valence-electron chi connectivity index (χ2n) is 5.60. The summed E-state index contributed by atoms with van der Waals surface area (Å²) in [6, 6.07) is 21.5. The molecule has 3 rings (SSSR count). The van der Waals surface area contributed by atoms with E-state index in [1.54, 1.807) is 18.3 Å². The lowest BCUT2D eigenvalue weighted by Gasteiger charge is -2.19. The van der Waals surface area contributed by atoms with Crippen LogP contribution in [0.2, 0.25) is 15.1 Å². The number of hydrogen-bond acceptors (Lipinski definition) is 3. The number of para-hydroxylation sites is 1. The molecule has 26 heavy (non-hydrogen) atoms. The molecule has 0 atom stereocenters. The van der Waals surface area contributed by atoms with Crippen molar-refractivity contribution in [3.63, 3.8) is 0 Å². The number of nitrogens with zero attached hydrogens (tertiary/aromatic N) is 2. The van der Waals surface area contributed by atoms with Crippen LogP contribution >= 0.6 is 34.8 Å². The van der Waals surface area contributed by atoms with Crippen LogP contribution in [0.15, 0.2) is 71.8 Å². The Balaban J connectivity index is 1.69. The van der Waals surface area contributed by atoms with E-state index in [1.807, 2.05) is 49.5 Å². The Labute approximate surface area is 167 Å². The molecular formula is C20H16Cl3N3. The molecule has 0 saturated heterocycles. The Morgan fingerprint density at radius 1 is 0.846 bits per heavy atom.